The van der Waals surface area contributed by atoms with Crippen molar-refractivity contribution in [2.45, 2.75) is 181 Å². The second kappa shape index (κ2) is 49.1. The molecule has 626 valence electrons. The highest BCUT2D eigenvalue weighted by molar-refractivity contribution is 6.10. The standard InChI is InChI=1S/C92H123N15O10/c1-5-102(6-2)71-45-47-75-81(61-71)117-82-62-72(103(7-3)8-4)46-48-76(82)87(75)73-39-21-22-40-74(73)88(112)101-80(44-26-30-56-96)92(116)107(66-70-37-19-12-20-38-70)60-52-86(111)100-79(43-25-29-55-95)91(115)106(65-69-35-17-11-18-36-69)59-51-85(110)99-78(42-24-28-54-94)90(114)105(64-68-33-15-10-16-34-68)58-50-84(109)98-77(41-23-27-53-93)89(113)104(57-49-83(97)108)63-67-31-13-9-14-32-67/h9-22,31-40,45-48,61-62,77-80H,5-8,23-30,41-44,49-60,63-66,93-96H2,1-4H3,(H5-,97,98,99,100,101,108,109,110,111,112)/p+1/t77-,78-,79-,80-/m0/s1. The Kier molecular flexibility index (Phi) is 38.3. The minimum Gasteiger partial charge on any atom is -0.456 e. The average Bonchev–Trinajstić information content (AvgIpc) is 0.743. The predicted molar refractivity (Wildman–Crippen MR) is 462 cm³/mol. The van der Waals surface area contributed by atoms with Crippen LogP contribution in [0.15, 0.2) is 186 Å². The fraction of sp³-hybridized carbons (Fsp3) is 0.435. The zero-order chi connectivity index (χ0) is 83.9. The Morgan fingerprint density at radius 2 is 0.752 bits per heavy atom. The molecule has 0 bridgehead atoms. The fourth-order valence-electron chi connectivity index (χ4n) is 14.8. The molecule has 0 radical (unpaired) electrons. The molecule has 2 aliphatic rings. The molecule has 117 heavy (non-hydrogen) atoms. The smallest absolute Gasteiger partial charge is 0.252 e. The predicted octanol–water partition coefficient (Wildman–Crippen LogP) is 9.09. The van der Waals surface area contributed by atoms with Crippen LogP contribution in [0, 0.1) is 0 Å². The lowest BCUT2D eigenvalue weighted by Gasteiger charge is -2.31. The zero-order valence-electron chi connectivity index (χ0n) is 68.9. The number of rotatable bonds is 51. The van der Waals surface area contributed by atoms with E-state index in [1.807, 2.05) is 152 Å². The van der Waals surface area contributed by atoms with Gasteiger partial charge < -0.3 is 78.9 Å². The van der Waals surface area contributed by atoms with Crippen molar-refractivity contribution < 1.29 is 47.6 Å². The van der Waals surface area contributed by atoms with Crippen molar-refractivity contribution in [1.82, 2.24) is 45.4 Å². The Bertz CT molecular complexity index is 4500. The van der Waals surface area contributed by atoms with Crippen molar-refractivity contribution in [1.29, 1.82) is 0 Å². The molecule has 0 aromatic heterocycles. The first-order chi connectivity index (χ1) is 56.8. The summed E-state index contributed by atoms with van der Waals surface area (Å²) in [5, 5.41) is 14.0. The lowest BCUT2D eigenvalue weighted by Crippen LogP contribution is -2.52. The van der Waals surface area contributed by atoms with Gasteiger partial charge in [-0.1, -0.05) is 140 Å². The summed E-state index contributed by atoms with van der Waals surface area (Å²) in [6, 6.07) is 52.7. The molecule has 9 amide bonds. The highest BCUT2D eigenvalue weighted by Gasteiger charge is 2.34. The Morgan fingerprint density at radius 1 is 0.393 bits per heavy atom. The van der Waals surface area contributed by atoms with E-state index < -0.39 is 77.3 Å². The van der Waals surface area contributed by atoms with E-state index in [1.165, 1.54) is 14.7 Å². The van der Waals surface area contributed by atoms with Gasteiger partial charge in [0.25, 0.3) is 5.91 Å². The number of hydrogen-bond acceptors (Lipinski definition) is 15. The van der Waals surface area contributed by atoms with E-state index in [4.69, 9.17) is 33.1 Å². The molecule has 4 atom stereocenters. The van der Waals surface area contributed by atoms with Gasteiger partial charge in [-0.15, -0.1) is 0 Å². The SMILES string of the molecule is CCN(CC)c1ccc2c(-c3ccccc3C(=O)N[C@@H](CCCCN)C(=O)N(CCC(=O)N[C@@H](CCCCN)C(=O)N(CCC(=O)N[C@@H](CCCCN)C(=O)N(CCC(=O)N[C@@H](CCCCN)C(=O)N(CCC(N)=O)Cc3ccccc3)Cc3ccccc3)Cc3ccccc3)Cc3ccccc3)c3ccc(=[N+](CC)CC)cc-3oc2c1. The van der Waals surface area contributed by atoms with Crippen molar-refractivity contribution in [2.24, 2.45) is 28.7 Å². The topological polar surface area (TPSA) is 364 Å². The number of unbranched alkanes of at least 4 members (excludes halogenated alkanes) is 4. The summed E-state index contributed by atoms with van der Waals surface area (Å²) in [7, 11) is 0. The van der Waals surface area contributed by atoms with E-state index in [2.05, 4.69) is 82.7 Å². The van der Waals surface area contributed by atoms with Gasteiger partial charge in [0, 0.05) is 131 Å². The number of hydrogen-bond donors (Lipinski definition) is 9. The molecule has 25 nitrogen and oxygen atoms in total. The number of anilines is 1. The second-order valence-electron chi connectivity index (χ2n) is 29.7. The second-order valence-corrected chi connectivity index (χ2v) is 29.7. The van der Waals surface area contributed by atoms with Gasteiger partial charge in [0.1, 0.15) is 48.6 Å². The Hall–Kier alpha value is -11.1. The van der Waals surface area contributed by atoms with Gasteiger partial charge in [0.2, 0.25) is 52.6 Å². The molecule has 0 unspecified atom stereocenters. The van der Waals surface area contributed by atoms with Crippen molar-refractivity contribution in [3.63, 3.8) is 0 Å². The van der Waals surface area contributed by atoms with Gasteiger partial charge >= 0.3 is 0 Å². The molecular formula is C92H124N15O10+. The van der Waals surface area contributed by atoms with Gasteiger partial charge in [0.15, 0.2) is 0 Å². The molecule has 1 heterocycles. The maximum Gasteiger partial charge on any atom is 0.252 e. The first-order valence-electron chi connectivity index (χ1n) is 41.8. The largest absolute Gasteiger partial charge is 0.456 e. The summed E-state index contributed by atoms with van der Waals surface area (Å²) >= 11 is 0. The van der Waals surface area contributed by atoms with Crippen LogP contribution in [-0.2, 0) is 64.5 Å². The van der Waals surface area contributed by atoms with Crippen LogP contribution in [0.1, 0.15) is 163 Å². The van der Waals surface area contributed by atoms with Crippen molar-refractivity contribution in [3.05, 3.63) is 215 Å². The van der Waals surface area contributed by atoms with Gasteiger partial charge in [-0.25, -0.2) is 4.58 Å². The molecule has 8 rings (SSSR count). The summed E-state index contributed by atoms with van der Waals surface area (Å²) < 4.78 is 9.07. The fourth-order valence-corrected chi connectivity index (χ4v) is 14.8. The molecule has 0 saturated carbocycles. The van der Waals surface area contributed by atoms with E-state index in [0.29, 0.717) is 100 Å². The number of carbonyl (C=O) groups is 9. The normalized spacial score (nSPS) is 12.2. The van der Waals surface area contributed by atoms with Crippen molar-refractivity contribution in [2.75, 3.05) is 83.4 Å². The summed E-state index contributed by atoms with van der Waals surface area (Å²) in [5.41, 5.74) is 37.0. The van der Waals surface area contributed by atoms with Gasteiger partial charge in [-0.2, -0.15) is 0 Å². The number of nitrogens with one attached hydrogen (secondary N) is 4. The van der Waals surface area contributed by atoms with Crippen LogP contribution in [0.2, 0.25) is 0 Å². The van der Waals surface area contributed by atoms with Crippen LogP contribution in [0.5, 0.6) is 0 Å². The number of nitrogens with zero attached hydrogens (tertiary/aromatic N) is 6. The van der Waals surface area contributed by atoms with E-state index in [9.17, 15) is 24.0 Å². The lowest BCUT2D eigenvalue weighted by atomic mass is 9.90. The Labute approximate surface area is 689 Å². The maximum absolute atomic E-state index is 15.6. The molecule has 1 aliphatic heterocycles. The summed E-state index contributed by atoms with van der Waals surface area (Å²) in [5.74, 6) is -3.66. The zero-order valence-corrected chi connectivity index (χ0v) is 68.9. The molecule has 14 N–H and O–H groups in total. The van der Waals surface area contributed by atoms with Gasteiger partial charge in [0.05, 0.1) is 6.07 Å². The van der Waals surface area contributed by atoms with Crippen LogP contribution in [0.25, 0.3) is 33.4 Å². The quantitative estimate of drug-likeness (QED) is 0.00975. The van der Waals surface area contributed by atoms with Crippen LogP contribution >= 0.6 is 0 Å². The maximum atomic E-state index is 15.6. The lowest BCUT2D eigenvalue weighted by molar-refractivity contribution is -0.140. The average molecular weight is 1600 g/mol. The first kappa shape index (κ1) is 91.4. The van der Waals surface area contributed by atoms with Crippen molar-refractivity contribution >= 4 is 69.8 Å². The van der Waals surface area contributed by atoms with Crippen LogP contribution < -0.4 is 64.8 Å². The molecule has 0 spiro atoms. The molecule has 6 aromatic rings. The monoisotopic (exact) mass is 1600 g/mol. The Morgan fingerprint density at radius 3 is 1.11 bits per heavy atom. The Balaban J connectivity index is 1.02. The number of carbonyl (C=O) groups excluding carboxylic acids is 9. The molecule has 25 heteroatoms. The molecule has 6 aromatic carbocycles. The third kappa shape index (κ3) is 28.3. The number of amides is 9. The molecule has 0 fully saturated rings. The highest BCUT2D eigenvalue weighted by Crippen LogP contribution is 2.42. The molecular weight excluding hydrogens is 1480 g/mol. The van der Waals surface area contributed by atoms with Crippen LogP contribution in [0.4, 0.5) is 5.69 Å². The van der Waals surface area contributed by atoms with Crippen LogP contribution in [-0.4, -0.2) is 175 Å². The van der Waals surface area contributed by atoms with E-state index in [-0.39, 0.29) is 104 Å². The third-order valence-corrected chi connectivity index (χ3v) is 21.2. The van der Waals surface area contributed by atoms with Gasteiger partial charge in [-0.05, 0) is 183 Å². The number of nitrogens with two attached hydrogens (primary N) is 5. The number of primary amides is 1. The third-order valence-electron chi connectivity index (χ3n) is 21.2. The van der Waals surface area contributed by atoms with E-state index >= 15 is 19.2 Å². The number of fused-ring (bicyclic) bond motifs is 2. The minimum absolute atomic E-state index is 0.0320. The highest BCUT2D eigenvalue weighted by atomic mass is 16.3. The summed E-state index contributed by atoms with van der Waals surface area (Å²) in [4.78, 5) is 140. The first-order valence-corrected chi connectivity index (χ1v) is 41.8. The molecule has 0 saturated heterocycles. The van der Waals surface area contributed by atoms with Gasteiger partial charge in [-0.3, -0.25) is 43.2 Å². The summed E-state index contributed by atoms with van der Waals surface area (Å²) in [6.45, 7) is 13.1. The minimum atomic E-state index is -1.09. The van der Waals surface area contributed by atoms with E-state index in [1.54, 1.807) is 11.0 Å². The summed E-state index contributed by atoms with van der Waals surface area (Å²) in [6.07, 6.45) is 4.36. The molecule has 1 aliphatic carbocycles. The number of benzene rings is 7. The van der Waals surface area contributed by atoms with Crippen LogP contribution in [0.3, 0.4) is 0 Å². The van der Waals surface area contributed by atoms with Crippen molar-refractivity contribution in [3.8, 4) is 22.5 Å². The van der Waals surface area contributed by atoms with E-state index in [0.717, 1.165) is 76.0 Å².